The van der Waals surface area contributed by atoms with Gasteiger partial charge in [-0.3, -0.25) is 4.79 Å². The Morgan fingerprint density at radius 1 is 1.15 bits per heavy atom. The summed E-state index contributed by atoms with van der Waals surface area (Å²) in [6.45, 7) is 0. The van der Waals surface area contributed by atoms with Crippen LogP contribution < -0.4 is 5.32 Å². The molecule has 0 radical (unpaired) electrons. The van der Waals surface area contributed by atoms with Gasteiger partial charge in [-0.15, -0.1) is 10.2 Å². The smallest absolute Gasteiger partial charge is 0.230 e. The van der Waals surface area contributed by atoms with Crippen molar-refractivity contribution in [3.63, 3.8) is 0 Å². The highest BCUT2D eigenvalue weighted by Gasteiger charge is 2.12. The third-order valence-corrected chi connectivity index (χ3v) is 5.69. The summed E-state index contributed by atoms with van der Waals surface area (Å²) in [6, 6.07) is 10.2. The number of carbonyl (C=O) groups excluding carboxylic acids is 1. The van der Waals surface area contributed by atoms with E-state index in [1.54, 1.807) is 24.3 Å². The van der Waals surface area contributed by atoms with Gasteiger partial charge in [0.1, 0.15) is 11.6 Å². The van der Waals surface area contributed by atoms with Crippen LogP contribution in [0.5, 0.6) is 0 Å². The Morgan fingerprint density at radius 3 is 2.65 bits per heavy atom. The summed E-state index contributed by atoms with van der Waals surface area (Å²) >= 11 is 8.46. The van der Waals surface area contributed by atoms with Crippen molar-refractivity contribution in [2.75, 3.05) is 5.32 Å². The first kappa shape index (κ1) is 18.8. The number of nitrogens with one attached hydrogen (secondary N) is 1. The zero-order valence-electron chi connectivity index (χ0n) is 13.2. The van der Waals surface area contributed by atoms with E-state index in [1.807, 2.05) is 0 Å². The lowest BCUT2D eigenvalue weighted by molar-refractivity contribution is -0.115. The maximum Gasteiger partial charge on any atom is 0.230 e. The van der Waals surface area contributed by atoms with Gasteiger partial charge in [-0.2, -0.15) is 0 Å². The largest absolute Gasteiger partial charge is 0.300 e. The molecular weight excluding hydrogens is 400 g/mol. The Hall–Kier alpha value is -2.03. The number of anilines is 1. The second-order valence-electron chi connectivity index (χ2n) is 5.21. The van der Waals surface area contributed by atoms with Gasteiger partial charge < -0.3 is 5.32 Å². The molecule has 1 amide bonds. The average Bonchev–Trinajstić information content (AvgIpc) is 3.04. The van der Waals surface area contributed by atoms with Gasteiger partial charge in [0.15, 0.2) is 4.34 Å². The van der Waals surface area contributed by atoms with Gasteiger partial charge in [0.25, 0.3) is 0 Å². The average molecular weight is 412 g/mol. The highest BCUT2D eigenvalue weighted by molar-refractivity contribution is 8.00. The molecule has 0 fully saturated rings. The lowest BCUT2D eigenvalue weighted by Gasteiger charge is -2.03. The highest BCUT2D eigenvalue weighted by Crippen LogP contribution is 2.31. The first-order chi connectivity index (χ1) is 12.5. The maximum absolute atomic E-state index is 13.8. The highest BCUT2D eigenvalue weighted by atomic mass is 35.5. The molecule has 9 heteroatoms. The third kappa shape index (κ3) is 5.00. The van der Waals surface area contributed by atoms with Crippen LogP contribution in [0.2, 0.25) is 5.02 Å². The van der Waals surface area contributed by atoms with Crippen LogP contribution in [0.4, 0.5) is 13.9 Å². The molecule has 0 saturated heterocycles. The van der Waals surface area contributed by atoms with Crippen molar-refractivity contribution in [2.24, 2.45) is 0 Å². The van der Waals surface area contributed by atoms with Crippen molar-refractivity contribution in [2.45, 2.75) is 16.5 Å². The Balaban J connectivity index is 1.56. The molecule has 134 valence electrons. The number of hydrogen-bond acceptors (Lipinski definition) is 5. The molecule has 1 heterocycles. The molecule has 4 nitrogen and oxygen atoms in total. The molecule has 3 rings (SSSR count). The molecule has 0 bridgehead atoms. The predicted molar refractivity (Wildman–Crippen MR) is 99.6 cm³/mol. The number of halogens is 3. The number of amides is 1. The maximum atomic E-state index is 13.8. The van der Waals surface area contributed by atoms with Crippen molar-refractivity contribution < 1.29 is 13.6 Å². The fraction of sp³-hybridized carbons (Fsp3) is 0.118. The molecule has 0 aliphatic carbocycles. The van der Waals surface area contributed by atoms with Crippen LogP contribution in [0.1, 0.15) is 11.1 Å². The molecule has 0 spiro atoms. The van der Waals surface area contributed by atoms with Gasteiger partial charge in [0.05, 0.1) is 6.42 Å². The molecule has 1 aromatic heterocycles. The topological polar surface area (TPSA) is 54.9 Å². The van der Waals surface area contributed by atoms with E-state index in [4.69, 9.17) is 11.6 Å². The van der Waals surface area contributed by atoms with E-state index in [9.17, 15) is 13.6 Å². The van der Waals surface area contributed by atoms with Crippen LogP contribution >= 0.6 is 34.7 Å². The SMILES string of the molecule is O=C(Cc1ccc(F)cc1)Nc1nnc(SCc2c(F)cccc2Cl)s1. The summed E-state index contributed by atoms with van der Waals surface area (Å²) in [5.41, 5.74) is 1.09. The van der Waals surface area contributed by atoms with Crippen LogP contribution in [0.3, 0.4) is 0 Å². The Morgan fingerprint density at radius 2 is 1.92 bits per heavy atom. The molecule has 3 aromatic rings. The standard InChI is InChI=1S/C17H12ClF2N3OS2/c18-13-2-1-3-14(20)12(13)9-25-17-23-22-16(26-17)21-15(24)8-10-4-6-11(19)7-5-10/h1-7H,8-9H2,(H,21,22,24). The van der Waals surface area contributed by atoms with Crippen LogP contribution in [-0.4, -0.2) is 16.1 Å². The van der Waals surface area contributed by atoms with Crippen LogP contribution in [-0.2, 0) is 17.0 Å². The summed E-state index contributed by atoms with van der Waals surface area (Å²) in [4.78, 5) is 12.0. The minimum Gasteiger partial charge on any atom is -0.300 e. The number of rotatable bonds is 6. The van der Waals surface area contributed by atoms with Crippen LogP contribution in [0.15, 0.2) is 46.8 Å². The van der Waals surface area contributed by atoms with Gasteiger partial charge in [-0.05, 0) is 29.8 Å². The molecule has 0 aliphatic heterocycles. The molecule has 0 atom stereocenters. The van der Waals surface area contributed by atoms with E-state index in [-0.39, 0.29) is 24.0 Å². The molecule has 26 heavy (non-hydrogen) atoms. The fourth-order valence-corrected chi connectivity index (χ4v) is 4.19. The monoisotopic (exact) mass is 411 g/mol. The Bertz CT molecular complexity index is 898. The number of hydrogen-bond donors (Lipinski definition) is 1. The summed E-state index contributed by atoms with van der Waals surface area (Å²) in [5, 5.41) is 11.2. The minimum atomic E-state index is -0.373. The molecule has 1 N–H and O–H groups in total. The van der Waals surface area contributed by atoms with Gasteiger partial charge in [-0.25, -0.2) is 8.78 Å². The van der Waals surface area contributed by atoms with E-state index >= 15 is 0 Å². The molecule has 2 aromatic carbocycles. The zero-order chi connectivity index (χ0) is 18.5. The molecular formula is C17H12ClF2N3OS2. The fourth-order valence-electron chi connectivity index (χ4n) is 2.07. The van der Waals surface area contributed by atoms with Crippen LogP contribution in [0.25, 0.3) is 0 Å². The van der Waals surface area contributed by atoms with E-state index < -0.39 is 0 Å². The van der Waals surface area contributed by atoms with Crippen LogP contribution in [0, 0.1) is 11.6 Å². The Kier molecular flexibility index (Phi) is 6.18. The van der Waals surface area contributed by atoms with E-state index in [0.29, 0.717) is 31.4 Å². The third-order valence-electron chi connectivity index (χ3n) is 3.33. The van der Waals surface area contributed by atoms with Crippen molar-refractivity contribution in [3.05, 3.63) is 70.2 Å². The summed E-state index contributed by atoms with van der Waals surface area (Å²) < 4.78 is 27.2. The minimum absolute atomic E-state index is 0.104. The Labute approximate surface area is 161 Å². The number of carbonyl (C=O) groups is 1. The van der Waals surface area contributed by atoms with Gasteiger partial charge >= 0.3 is 0 Å². The predicted octanol–water partition coefficient (Wildman–Crippen LogP) is 4.94. The lowest BCUT2D eigenvalue weighted by atomic mass is 10.1. The lowest BCUT2D eigenvalue weighted by Crippen LogP contribution is -2.14. The van der Waals surface area contributed by atoms with Crippen molar-refractivity contribution in [1.29, 1.82) is 0 Å². The van der Waals surface area contributed by atoms with Crippen molar-refractivity contribution in [1.82, 2.24) is 10.2 Å². The van der Waals surface area contributed by atoms with E-state index in [2.05, 4.69) is 15.5 Å². The molecule has 0 unspecified atom stereocenters. The second kappa shape index (κ2) is 8.57. The summed E-state index contributed by atoms with van der Waals surface area (Å²) in [5.74, 6) is -0.692. The molecule has 0 aliphatic rings. The van der Waals surface area contributed by atoms with Crippen molar-refractivity contribution in [3.8, 4) is 0 Å². The first-order valence-electron chi connectivity index (χ1n) is 7.45. The first-order valence-corrected chi connectivity index (χ1v) is 9.63. The van der Waals surface area contributed by atoms with E-state index in [1.165, 1.54) is 41.3 Å². The number of nitrogens with zero attached hydrogens (tertiary/aromatic N) is 2. The summed E-state index contributed by atoms with van der Waals surface area (Å²) in [7, 11) is 0. The number of thioether (sulfide) groups is 1. The van der Waals surface area contributed by atoms with Crippen molar-refractivity contribution >= 4 is 45.7 Å². The second-order valence-corrected chi connectivity index (χ2v) is 7.82. The zero-order valence-corrected chi connectivity index (χ0v) is 15.6. The van der Waals surface area contributed by atoms with E-state index in [0.717, 1.165) is 0 Å². The van der Waals surface area contributed by atoms with Gasteiger partial charge in [-0.1, -0.05) is 52.9 Å². The van der Waals surface area contributed by atoms with Gasteiger partial charge in [0.2, 0.25) is 11.0 Å². The van der Waals surface area contributed by atoms with Gasteiger partial charge in [0, 0.05) is 16.3 Å². The summed E-state index contributed by atoms with van der Waals surface area (Å²) in [6.07, 6.45) is 0.104. The number of aromatic nitrogens is 2. The molecule has 0 saturated carbocycles. The quantitative estimate of drug-likeness (QED) is 0.461. The number of benzene rings is 2. The normalized spacial score (nSPS) is 10.7.